The second-order valence-corrected chi connectivity index (χ2v) is 8.29. The number of rotatable bonds is 3. The van der Waals surface area contributed by atoms with Crippen LogP contribution in [-0.4, -0.2) is 65.2 Å². The van der Waals surface area contributed by atoms with Crippen LogP contribution in [0.5, 0.6) is 0 Å². The molecule has 6 nitrogen and oxygen atoms in total. The lowest BCUT2D eigenvalue weighted by molar-refractivity contribution is -0.134. The highest BCUT2D eigenvalue weighted by atomic mass is 32.2. The van der Waals surface area contributed by atoms with Crippen molar-refractivity contribution in [1.29, 1.82) is 0 Å². The van der Waals surface area contributed by atoms with Crippen LogP contribution >= 0.6 is 11.8 Å². The molecule has 0 aromatic heterocycles. The van der Waals surface area contributed by atoms with Crippen LogP contribution in [0.25, 0.3) is 0 Å². The lowest BCUT2D eigenvalue weighted by atomic mass is 9.93. The van der Waals surface area contributed by atoms with Gasteiger partial charge in [-0.05, 0) is 29.8 Å². The Morgan fingerprint density at radius 2 is 1.47 bits per heavy atom. The van der Waals surface area contributed by atoms with E-state index in [0.717, 1.165) is 31.9 Å². The van der Waals surface area contributed by atoms with Gasteiger partial charge in [0.25, 0.3) is 0 Å². The van der Waals surface area contributed by atoms with Gasteiger partial charge < -0.3 is 15.1 Å². The molecule has 2 aromatic carbocycles. The van der Waals surface area contributed by atoms with E-state index in [1.165, 1.54) is 21.6 Å². The molecule has 2 N–H and O–H groups in total. The maximum Gasteiger partial charge on any atom is 0.328 e. The van der Waals surface area contributed by atoms with Crippen molar-refractivity contribution in [3.63, 3.8) is 0 Å². The number of carboxylic acid groups (broad SMARTS) is 2. The van der Waals surface area contributed by atoms with Crippen LogP contribution in [0.2, 0.25) is 0 Å². The topological polar surface area (TPSA) is 81.1 Å². The molecule has 2 heterocycles. The summed E-state index contributed by atoms with van der Waals surface area (Å²) in [5.74, 6) is -1.43. The van der Waals surface area contributed by atoms with E-state index in [2.05, 4.69) is 65.4 Å². The van der Waals surface area contributed by atoms with Crippen molar-refractivity contribution in [2.45, 2.75) is 16.7 Å². The van der Waals surface area contributed by atoms with E-state index in [0.29, 0.717) is 18.2 Å². The number of nitrogens with zero attached hydrogens (tertiary/aromatic N) is 2. The lowest BCUT2D eigenvalue weighted by Gasteiger charge is -2.39. The molecule has 1 fully saturated rings. The Morgan fingerprint density at radius 1 is 0.900 bits per heavy atom. The number of fused-ring (bicyclic) bond motifs is 2. The maximum absolute atomic E-state index is 9.55. The zero-order chi connectivity index (χ0) is 21.5. The Labute approximate surface area is 180 Å². The molecule has 2 aromatic rings. The third-order valence-corrected chi connectivity index (χ3v) is 6.36. The number of likely N-dealkylation sites (N-methyl/N-ethyl adjacent to an activating group) is 1. The summed E-state index contributed by atoms with van der Waals surface area (Å²) in [6.45, 7) is 4.62. The van der Waals surface area contributed by atoms with Crippen molar-refractivity contribution in [2.75, 3.05) is 33.2 Å². The molecular formula is C23H26N2O4S. The molecular weight excluding hydrogens is 400 g/mol. The van der Waals surface area contributed by atoms with Gasteiger partial charge in [-0.15, -0.1) is 11.8 Å². The van der Waals surface area contributed by atoms with Crippen molar-refractivity contribution in [1.82, 2.24) is 9.80 Å². The van der Waals surface area contributed by atoms with Gasteiger partial charge in [-0.25, -0.2) is 9.59 Å². The number of carboxylic acids is 2. The molecule has 0 spiro atoms. The van der Waals surface area contributed by atoms with Crippen molar-refractivity contribution in [3.8, 4) is 0 Å². The highest BCUT2D eigenvalue weighted by Crippen LogP contribution is 2.42. The predicted octanol–water partition coefficient (Wildman–Crippen LogP) is 3.34. The van der Waals surface area contributed by atoms with Crippen molar-refractivity contribution in [3.05, 3.63) is 77.4 Å². The third kappa shape index (κ3) is 5.72. The molecule has 0 radical (unpaired) electrons. The van der Waals surface area contributed by atoms with Crippen LogP contribution in [0.15, 0.2) is 65.6 Å². The van der Waals surface area contributed by atoms with Crippen molar-refractivity contribution in [2.24, 2.45) is 0 Å². The minimum Gasteiger partial charge on any atom is -0.478 e. The van der Waals surface area contributed by atoms with Gasteiger partial charge in [-0.2, -0.15) is 0 Å². The van der Waals surface area contributed by atoms with Crippen molar-refractivity contribution < 1.29 is 19.8 Å². The molecule has 2 aliphatic heterocycles. The summed E-state index contributed by atoms with van der Waals surface area (Å²) in [5.41, 5.74) is 4.49. The number of thioether (sulfide) groups is 1. The predicted molar refractivity (Wildman–Crippen MR) is 118 cm³/mol. The van der Waals surface area contributed by atoms with E-state index in [1.54, 1.807) is 0 Å². The summed E-state index contributed by atoms with van der Waals surface area (Å²) in [6, 6.07) is 18.4. The van der Waals surface area contributed by atoms with E-state index in [1.807, 2.05) is 11.8 Å². The van der Waals surface area contributed by atoms with Crippen LogP contribution in [0.1, 0.15) is 22.7 Å². The number of aliphatic carboxylic acids is 2. The van der Waals surface area contributed by atoms with E-state index >= 15 is 0 Å². The van der Waals surface area contributed by atoms with E-state index in [9.17, 15) is 9.59 Å². The highest BCUT2D eigenvalue weighted by Gasteiger charge is 2.30. The largest absolute Gasteiger partial charge is 0.478 e. The Hall–Kier alpha value is -2.61. The SMILES string of the molecule is CN1CCN(C2c3ccccc3CSc3ccccc32)CC1.O=C(O)/C=C\C(=O)O. The maximum atomic E-state index is 9.55. The zero-order valence-corrected chi connectivity index (χ0v) is 17.7. The van der Waals surface area contributed by atoms with Gasteiger partial charge in [0.05, 0.1) is 6.04 Å². The normalized spacial score (nSPS) is 19.2. The van der Waals surface area contributed by atoms with Gasteiger partial charge in [-0.1, -0.05) is 42.5 Å². The molecule has 7 heteroatoms. The summed E-state index contributed by atoms with van der Waals surface area (Å²) in [4.78, 5) is 25.7. The molecule has 0 aliphatic carbocycles. The number of hydrogen-bond donors (Lipinski definition) is 2. The molecule has 0 bridgehead atoms. The fourth-order valence-corrected chi connectivity index (χ4v) is 4.80. The molecule has 0 saturated carbocycles. The second-order valence-electron chi connectivity index (χ2n) is 7.28. The van der Waals surface area contributed by atoms with E-state index in [4.69, 9.17) is 10.2 Å². The Bertz CT molecular complexity index is 859. The van der Waals surface area contributed by atoms with Gasteiger partial charge in [0.2, 0.25) is 0 Å². The van der Waals surface area contributed by atoms with E-state index in [-0.39, 0.29) is 0 Å². The standard InChI is InChI=1S/C19H22N2S.C4H4O4/c1-20-10-12-21(13-11-20)19-16-7-3-2-6-15(16)14-22-18-9-5-4-8-17(18)19;5-3(6)1-2-4(7)8/h2-9,19H,10-14H2,1H3;1-2H,(H,5,6)(H,7,8)/b;2-1-. The zero-order valence-electron chi connectivity index (χ0n) is 16.9. The number of hydrogen-bond acceptors (Lipinski definition) is 5. The molecule has 4 rings (SSSR count). The summed E-state index contributed by atoms with van der Waals surface area (Å²) in [6.07, 6.45) is 1.12. The summed E-state index contributed by atoms with van der Waals surface area (Å²) in [5, 5.41) is 15.6. The van der Waals surface area contributed by atoms with Gasteiger partial charge in [0, 0.05) is 49.0 Å². The second kappa shape index (κ2) is 10.4. The number of piperazine rings is 1. The summed E-state index contributed by atoms with van der Waals surface area (Å²) < 4.78 is 0. The average Bonchev–Trinajstić information content (AvgIpc) is 2.90. The number of carbonyl (C=O) groups is 2. The quantitative estimate of drug-likeness (QED) is 0.729. The fraction of sp³-hybridized carbons (Fsp3) is 0.304. The molecule has 1 unspecified atom stereocenters. The minimum absolute atomic E-state index is 0.413. The molecule has 1 atom stereocenters. The van der Waals surface area contributed by atoms with E-state index < -0.39 is 11.9 Å². The monoisotopic (exact) mass is 426 g/mol. The Morgan fingerprint density at radius 3 is 2.10 bits per heavy atom. The first-order valence-electron chi connectivity index (χ1n) is 9.81. The average molecular weight is 427 g/mol. The van der Waals surface area contributed by atoms with Crippen LogP contribution in [-0.2, 0) is 15.3 Å². The molecule has 0 amide bonds. The lowest BCUT2D eigenvalue weighted by Crippen LogP contribution is -2.46. The molecule has 158 valence electrons. The smallest absolute Gasteiger partial charge is 0.328 e. The summed E-state index contributed by atoms with van der Waals surface area (Å²) >= 11 is 1.98. The van der Waals surface area contributed by atoms with Gasteiger partial charge in [-0.3, -0.25) is 4.90 Å². The minimum atomic E-state index is -1.26. The van der Waals surface area contributed by atoms with Gasteiger partial charge in [0.1, 0.15) is 0 Å². The van der Waals surface area contributed by atoms with Crippen LogP contribution in [0, 0.1) is 0 Å². The van der Waals surface area contributed by atoms with Gasteiger partial charge >= 0.3 is 11.9 Å². The van der Waals surface area contributed by atoms with Crippen LogP contribution in [0.3, 0.4) is 0 Å². The van der Waals surface area contributed by atoms with Gasteiger partial charge in [0.15, 0.2) is 0 Å². The third-order valence-electron chi connectivity index (χ3n) is 5.22. The first-order valence-corrected chi connectivity index (χ1v) is 10.8. The Balaban J connectivity index is 0.000000275. The van der Waals surface area contributed by atoms with Crippen LogP contribution < -0.4 is 0 Å². The number of benzene rings is 2. The first-order chi connectivity index (χ1) is 14.5. The highest BCUT2D eigenvalue weighted by molar-refractivity contribution is 7.98. The molecule has 2 aliphatic rings. The molecule has 1 saturated heterocycles. The van der Waals surface area contributed by atoms with Crippen LogP contribution in [0.4, 0.5) is 0 Å². The molecule has 30 heavy (non-hydrogen) atoms. The first kappa shape index (κ1) is 22.1. The fourth-order valence-electron chi connectivity index (χ4n) is 3.71. The summed E-state index contributed by atoms with van der Waals surface area (Å²) in [7, 11) is 2.22. The van der Waals surface area contributed by atoms with Crippen molar-refractivity contribution >= 4 is 23.7 Å². The Kier molecular flexibility index (Phi) is 7.68.